The summed E-state index contributed by atoms with van der Waals surface area (Å²) in [6, 6.07) is 26.7. The highest BCUT2D eigenvalue weighted by molar-refractivity contribution is 6.08. The maximum atomic E-state index is 12.4. The molecule has 3 rings (SSSR count). The zero-order valence-electron chi connectivity index (χ0n) is 14.6. The maximum absolute atomic E-state index is 12.4. The minimum atomic E-state index is -0.498. The fraction of sp³-hybridized carbons (Fsp3) is 0.174. The van der Waals surface area contributed by atoms with Gasteiger partial charge in [0.15, 0.2) is 5.78 Å². The minimum Gasteiger partial charge on any atom is -0.387 e. The van der Waals surface area contributed by atoms with Crippen molar-refractivity contribution < 1.29 is 9.90 Å². The average molecular weight is 345 g/mol. The number of nitrogens with one attached hydrogen (secondary N) is 1. The van der Waals surface area contributed by atoms with E-state index in [-0.39, 0.29) is 5.78 Å². The first kappa shape index (κ1) is 18.1. The van der Waals surface area contributed by atoms with Crippen molar-refractivity contribution >= 4 is 5.78 Å². The predicted molar refractivity (Wildman–Crippen MR) is 104 cm³/mol. The van der Waals surface area contributed by atoms with E-state index in [9.17, 15) is 9.90 Å². The average Bonchev–Trinajstić information content (AvgIpc) is 2.72. The zero-order chi connectivity index (χ0) is 18.2. The molecule has 0 aromatic heterocycles. The summed E-state index contributed by atoms with van der Waals surface area (Å²) in [6.45, 7) is 1.30. The van der Waals surface area contributed by atoms with E-state index in [0.29, 0.717) is 17.7 Å². The standard InChI is InChI=1S/C23H23NO2/c25-22(19-7-3-1-4-8-19)17-24-16-15-18-11-13-21(14-12-18)23(26)20-9-5-2-6-10-20/h1-14,22,24-25H,15-17H2. The van der Waals surface area contributed by atoms with Crippen LogP contribution in [0.25, 0.3) is 0 Å². The Kier molecular flexibility index (Phi) is 6.31. The maximum Gasteiger partial charge on any atom is 0.193 e. The minimum absolute atomic E-state index is 0.0428. The van der Waals surface area contributed by atoms with Crippen molar-refractivity contribution in [2.24, 2.45) is 0 Å². The Balaban J connectivity index is 1.47. The van der Waals surface area contributed by atoms with E-state index in [0.717, 1.165) is 24.1 Å². The Morgan fingerprint density at radius 2 is 1.38 bits per heavy atom. The van der Waals surface area contributed by atoms with E-state index in [1.165, 1.54) is 0 Å². The summed E-state index contributed by atoms with van der Waals surface area (Å²) >= 11 is 0. The highest BCUT2D eigenvalue weighted by Gasteiger charge is 2.08. The van der Waals surface area contributed by atoms with Crippen LogP contribution in [0.3, 0.4) is 0 Å². The fourth-order valence-electron chi connectivity index (χ4n) is 2.84. The smallest absolute Gasteiger partial charge is 0.193 e. The van der Waals surface area contributed by atoms with Crippen LogP contribution in [-0.2, 0) is 6.42 Å². The number of benzene rings is 3. The molecule has 0 spiro atoms. The van der Waals surface area contributed by atoms with Gasteiger partial charge in [0, 0.05) is 17.7 Å². The van der Waals surface area contributed by atoms with E-state index >= 15 is 0 Å². The number of carbonyl (C=O) groups is 1. The molecule has 2 N–H and O–H groups in total. The van der Waals surface area contributed by atoms with E-state index in [4.69, 9.17) is 0 Å². The zero-order valence-corrected chi connectivity index (χ0v) is 14.6. The number of aliphatic hydroxyl groups is 1. The highest BCUT2D eigenvalue weighted by atomic mass is 16.3. The van der Waals surface area contributed by atoms with Crippen molar-refractivity contribution in [2.75, 3.05) is 13.1 Å². The monoisotopic (exact) mass is 345 g/mol. The normalized spacial score (nSPS) is 11.9. The number of rotatable bonds is 8. The van der Waals surface area contributed by atoms with Gasteiger partial charge in [-0.05, 0) is 24.1 Å². The van der Waals surface area contributed by atoms with Crippen LogP contribution in [0.5, 0.6) is 0 Å². The van der Waals surface area contributed by atoms with Gasteiger partial charge in [-0.1, -0.05) is 84.9 Å². The van der Waals surface area contributed by atoms with Gasteiger partial charge in [0.2, 0.25) is 0 Å². The lowest BCUT2D eigenvalue weighted by atomic mass is 10.0. The van der Waals surface area contributed by atoms with Crippen LogP contribution in [0.1, 0.15) is 33.2 Å². The number of hydrogen-bond acceptors (Lipinski definition) is 3. The Labute approximate surface area is 154 Å². The molecule has 0 fully saturated rings. The first-order chi connectivity index (χ1) is 12.7. The van der Waals surface area contributed by atoms with E-state index < -0.39 is 6.10 Å². The molecule has 0 saturated carbocycles. The molecule has 0 radical (unpaired) electrons. The van der Waals surface area contributed by atoms with Crippen molar-refractivity contribution in [3.8, 4) is 0 Å². The van der Waals surface area contributed by atoms with E-state index in [1.807, 2.05) is 84.9 Å². The molecule has 3 aromatic rings. The molecule has 3 nitrogen and oxygen atoms in total. The van der Waals surface area contributed by atoms with Gasteiger partial charge in [0.05, 0.1) is 6.10 Å². The molecule has 3 aromatic carbocycles. The fourth-order valence-corrected chi connectivity index (χ4v) is 2.84. The molecule has 3 heteroatoms. The summed E-state index contributed by atoms with van der Waals surface area (Å²) in [5.41, 5.74) is 3.49. The molecular formula is C23H23NO2. The Bertz CT molecular complexity index is 814. The second-order valence-electron chi connectivity index (χ2n) is 6.27. The van der Waals surface area contributed by atoms with Crippen molar-refractivity contribution in [1.82, 2.24) is 5.32 Å². The Morgan fingerprint density at radius 3 is 2.04 bits per heavy atom. The summed E-state index contributed by atoms with van der Waals surface area (Å²) in [4.78, 5) is 12.4. The predicted octanol–water partition coefficient (Wildman–Crippen LogP) is 3.78. The van der Waals surface area contributed by atoms with Gasteiger partial charge < -0.3 is 10.4 Å². The molecule has 0 aliphatic rings. The molecule has 0 aliphatic heterocycles. The van der Waals surface area contributed by atoms with Gasteiger partial charge in [0.25, 0.3) is 0 Å². The molecule has 0 amide bonds. The van der Waals surface area contributed by atoms with Gasteiger partial charge in [0.1, 0.15) is 0 Å². The molecule has 26 heavy (non-hydrogen) atoms. The summed E-state index contributed by atoms with van der Waals surface area (Å²) in [5.74, 6) is 0.0428. The topological polar surface area (TPSA) is 49.3 Å². The van der Waals surface area contributed by atoms with Gasteiger partial charge in [-0.15, -0.1) is 0 Å². The van der Waals surface area contributed by atoms with E-state index in [2.05, 4.69) is 5.32 Å². The lowest BCUT2D eigenvalue weighted by Crippen LogP contribution is -2.23. The van der Waals surface area contributed by atoms with Crippen molar-refractivity contribution in [1.29, 1.82) is 0 Å². The second-order valence-corrected chi connectivity index (χ2v) is 6.27. The largest absolute Gasteiger partial charge is 0.387 e. The van der Waals surface area contributed by atoms with Crippen LogP contribution in [0.2, 0.25) is 0 Å². The molecule has 0 saturated heterocycles. The number of carbonyl (C=O) groups excluding carboxylic acids is 1. The van der Waals surface area contributed by atoms with Crippen LogP contribution in [-0.4, -0.2) is 24.0 Å². The van der Waals surface area contributed by atoms with Crippen LogP contribution >= 0.6 is 0 Å². The third-order valence-electron chi connectivity index (χ3n) is 4.36. The van der Waals surface area contributed by atoms with Crippen LogP contribution in [0, 0.1) is 0 Å². The summed E-state index contributed by atoms with van der Waals surface area (Å²) in [6.07, 6.45) is 0.350. The molecule has 1 unspecified atom stereocenters. The summed E-state index contributed by atoms with van der Waals surface area (Å²) in [7, 11) is 0. The quantitative estimate of drug-likeness (QED) is 0.482. The first-order valence-electron chi connectivity index (χ1n) is 8.86. The highest BCUT2D eigenvalue weighted by Crippen LogP contribution is 2.12. The lowest BCUT2D eigenvalue weighted by Gasteiger charge is -2.12. The van der Waals surface area contributed by atoms with Crippen molar-refractivity contribution in [2.45, 2.75) is 12.5 Å². The van der Waals surface area contributed by atoms with Crippen molar-refractivity contribution in [3.63, 3.8) is 0 Å². The molecule has 0 bridgehead atoms. The van der Waals surface area contributed by atoms with Crippen molar-refractivity contribution in [3.05, 3.63) is 107 Å². The van der Waals surface area contributed by atoms with Gasteiger partial charge in [-0.25, -0.2) is 0 Å². The SMILES string of the molecule is O=C(c1ccccc1)c1ccc(CCNCC(O)c2ccccc2)cc1. The molecule has 0 aliphatic carbocycles. The van der Waals surface area contributed by atoms with Crippen LogP contribution in [0.4, 0.5) is 0 Å². The van der Waals surface area contributed by atoms with Gasteiger partial charge in [-0.3, -0.25) is 4.79 Å². The number of aliphatic hydroxyl groups excluding tert-OH is 1. The number of hydrogen-bond donors (Lipinski definition) is 2. The summed E-state index contributed by atoms with van der Waals surface area (Å²) in [5, 5.41) is 13.4. The third kappa shape index (κ3) is 4.88. The molecule has 0 heterocycles. The third-order valence-corrected chi connectivity index (χ3v) is 4.36. The van der Waals surface area contributed by atoms with Crippen LogP contribution < -0.4 is 5.32 Å². The second kappa shape index (κ2) is 9.09. The molecular weight excluding hydrogens is 322 g/mol. The van der Waals surface area contributed by atoms with E-state index in [1.54, 1.807) is 0 Å². The number of ketones is 1. The van der Waals surface area contributed by atoms with Gasteiger partial charge in [-0.2, -0.15) is 0 Å². The van der Waals surface area contributed by atoms with Crippen LogP contribution in [0.15, 0.2) is 84.9 Å². The Morgan fingerprint density at radius 1 is 0.808 bits per heavy atom. The lowest BCUT2D eigenvalue weighted by molar-refractivity contribution is 0.103. The molecule has 1 atom stereocenters. The summed E-state index contributed by atoms with van der Waals surface area (Å²) < 4.78 is 0. The first-order valence-corrected chi connectivity index (χ1v) is 8.86. The van der Waals surface area contributed by atoms with Gasteiger partial charge >= 0.3 is 0 Å². The molecule has 132 valence electrons. The Hall–Kier alpha value is -2.75.